The molecule has 0 aliphatic heterocycles. The first kappa shape index (κ1) is 14.8. The minimum atomic E-state index is -0.179. The van der Waals surface area contributed by atoms with Crippen molar-refractivity contribution >= 4 is 11.6 Å². The molecule has 2 rings (SSSR count). The summed E-state index contributed by atoms with van der Waals surface area (Å²) in [6.45, 7) is 2.94. The molecule has 0 heterocycles. The van der Waals surface area contributed by atoms with E-state index in [0.29, 0.717) is 29.0 Å². The van der Waals surface area contributed by atoms with Gasteiger partial charge in [-0.05, 0) is 55.7 Å². The molecule has 3 atom stereocenters. The minimum Gasteiger partial charge on any atom is -0.330 e. The molecule has 106 valence electrons. The molecule has 0 saturated heterocycles. The molecule has 3 unspecified atom stereocenters. The van der Waals surface area contributed by atoms with Crippen LogP contribution >= 0.6 is 11.6 Å². The lowest BCUT2D eigenvalue weighted by atomic mass is 9.71. The van der Waals surface area contributed by atoms with Gasteiger partial charge in [-0.2, -0.15) is 0 Å². The highest BCUT2D eigenvalue weighted by Crippen LogP contribution is 2.38. The van der Waals surface area contributed by atoms with Crippen LogP contribution in [0.2, 0.25) is 5.02 Å². The second-order valence-corrected chi connectivity index (χ2v) is 6.15. The van der Waals surface area contributed by atoms with Gasteiger partial charge in [0.05, 0.1) is 0 Å². The van der Waals surface area contributed by atoms with Gasteiger partial charge in [0, 0.05) is 10.6 Å². The molecule has 1 saturated carbocycles. The summed E-state index contributed by atoms with van der Waals surface area (Å²) in [5.41, 5.74) is 6.55. The normalized spacial score (nSPS) is 27.5. The van der Waals surface area contributed by atoms with Gasteiger partial charge in [0.25, 0.3) is 0 Å². The number of nitrogens with two attached hydrogens (primary N) is 1. The molecule has 0 aromatic heterocycles. The largest absolute Gasteiger partial charge is 0.330 e. The van der Waals surface area contributed by atoms with Crippen LogP contribution in [0.4, 0.5) is 4.39 Å². The van der Waals surface area contributed by atoms with Crippen LogP contribution in [0.25, 0.3) is 0 Å². The Morgan fingerprint density at radius 3 is 2.74 bits per heavy atom. The molecule has 1 fully saturated rings. The number of benzene rings is 1. The van der Waals surface area contributed by atoms with Crippen molar-refractivity contribution in [3.8, 4) is 0 Å². The number of rotatable bonds is 4. The van der Waals surface area contributed by atoms with Gasteiger partial charge in [0.15, 0.2) is 0 Å². The fourth-order valence-corrected chi connectivity index (χ4v) is 3.58. The van der Waals surface area contributed by atoms with Crippen LogP contribution in [0.3, 0.4) is 0 Å². The smallest absolute Gasteiger partial charge is 0.127 e. The summed E-state index contributed by atoms with van der Waals surface area (Å²) in [6, 6.07) is 4.94. The monoisotopic (exact) mass is 283 g/mol. The molecule has 1 nitrogen and oxygen atoms in total. The molecular formula is C16H23ClFN. The van der Waals surface area contributed by atoms with Crippen LogP contribution in [0.5, 0.6) is 0 Å². The van der Waals surface area contributed by atoms with E-state index in [2.05, 4.69) is 6.92 Å². The molecule has 0 spiro atoms. The van der Waals surface area contributed by atoms with E-state index >= 15 is 0 Å². The van der Waals surface area contributed by atoms with Crippen molar-refractivity contribution in [3.63, 3.8) is 0 Å². The molecule has 0 radical (unpaired) electrons. The van der Waals surface area contributed by atoms with E-state index in [9.17, 15) is 4.39 Å². The Balaban J connectivity index is 2.14. The average Bonchev–Trinajstić information content (AvgIpc) is 2.42. The summed E-state index contributed by atoms with van der Waals surface area (Å²) in [5.74, 6) is 1.57. The zero-order valence-corrected chi connectivity index (χ0v) is 12.3. The van der Waals surface area contributed by atoms with E-state index in [0.717, 1.165) is 18.8 Å². The van der Waals surface area contributed by atoms with Crippen molar-refractivity contribution in [1.82, 2.24) is 0 Å². The summed E-state index contributed by atoms with van der Waals surface area (Å²) in [5, 5.41) is 0.550. The van der Waals surface area contributed by atoms with Crippen molar-refractivity contribution in [3.05, 3.63) is 34.6 Å². The zero-order chi connectivity index (χ0) is 13.8. The average molecular weight is 284 g/mol. The van der Waals surface area contributed by atoms with Gasteiger partial charge in [0.1, 0.15) is 5.82 Å². The summed E-state index contributed by atoms with van der Waals surface area (Å²) < 4.78 is 13.9. The van der Waals surface area contributed by atoms with E-state index in [1.165, 1.54) is 25.3 Å². The highest BCUT2D eigenvalue weighted by Gasteiger charge is 2.30. The van der Waals surface area contributed by atoms with Gasteiger partial charge in [0.2, 0.25) is 0 Å². The van der Waals surface area contributed by atoms with Crippen molar-refractivity contribution in [2.45, 2.75) is 39.0 Å². The Hall–Kier alpha value is -0.600. The predicted octanol–water partition coefficient (Wildman–Crippen LogP) is 4.42. The van der Waals surface area contributed by atoms with Crippen LogP contribution in [-0.4, -0.2) is 6.54 Å². The highest BCUT2D eigenvalue weighted by atomic mass is 35.5. The molecular weight excluding hydrogens is 261 g/mol. The summed E-state index contributed by atoms with van der Waals surface area (Å²) in [6.07, 6.45) is 5.53. The Morgan fingerprint density at radius 2 is 2.11 bits per heavy atom. The molecule has 1 aliphatic carbocycles. The molecule has 19 heavy (non-hydrogen) atoms. The SMILES string of the molecule is CCC1CCC(CN)C(Cc2c(F)cccc2Cl)C1. The third-order valence-corrected chi connectivity index (χ3v) is 5.01. The summed E-state index contributed by atoms with van der Waals surface area (Å²) in [7, 11) is 0. The van der Waals surface area contributed by atoms with E-state index in [-0.39, 0.29) is 5.82 Å². The molecule has 0 amide bonds. The first-order chi connectivity index (χ1) is 9.15. The third kappa shape index (κ3) is 3.49. The quantitative estimate of drug-likeness (QED) is 0.869. The van der Waals surface area contributed by atoms with Crippen molar-refractivity contribution in [2.24, 2.45) is 23.5 Å². The fourth-order valence-electron chi connectivity index (χ4n) is 3.34. The Kier molecular flexibility index (Phi) is 5.23. The Bertz CT molecular complexity index is 401. The van der Waals surface area contributed by atoms with Crippen molar-refractivity contribution in [2.75, 3.05) is 6.54 Å². The lowest BCUT2D eigenvalue weighted by molar-refractivity contribution is 0.179. The van der Waals surface area contributed by atoms with Crippen LogP contribution in [0.1, 0.15) is 38.2 Å². The van der Waals surface area contributed by atoms with Crippen LogP contribution in [0, 0.1) is 23.6 Å². The van der Waals surface area contributed by atoms with E-state index in [1.54, 1.807) is 12.1 Å². The lowest BCUT2D eigenvalue weighted by Gasteiger charge is -2.35. The first-order valence-electron chi connectivity index (χ1n) is 7.28. The fraction of sp³-hybridized carbons (Fsp3) is 0.625. The van der Waals surface area contributed by atoms with Crippen molar-refractivity contribution < 1.29 is 4.39 Å². The second kappa shape index (κ2) is 6.71. The van der Waals surface area contributed by atoms with E-state index in [4.69, 9.17) is 17.3 Å². The second-order valence-electron chi connectivity index (χ2n) is 5.75. The lowest BCUT2D eigenvalue weighted by Crippen LogP contribution is -2.31. The van der Waals surface area contributed by atoms with Gasteiger partial charge in [-0.1, -0.05) is 37.4 Å². The number of halogens is 2. The third-order valence-electron chi connectivity index (χ3n) is 4.66. The molecule has 1 aliphatic rings. The van der Waals surface area contributed by atoms with Crippen molar-refractivity contribution in [1.29, 1.82) is 0 Å². The van der Waals surface area contributed by atoms with Crippen LogP contribution in [0.15, 0.2) is 18.2 Å². The van der Waals surface area contributed by atoms with Gasteiger partial charge in [-0.3, -0.25) is 0 Å². The molecule has 3 heteroatoms. The summed E-state index contributed by atoms with van der Waals surface area (Å²) >= 11 is 6.14. The van der Waals surface area contributed by atoms with Gasteiger partial charge in [-0.15, -0.1) is 0 Å². The Morgan fingerprint density at radius 1 is 1.32 bits per heavy atom. The van der Waals surface area contributed by atoms with Gasteiger partial charge in [-0.25, -0.2) is 4.39 Å². The maximum atomic E-state index is 13.9. The Labute approximate surface area is 120 Å². The molecule has 1 aromatic carbocycles. The minimum absolute atomic E-state index is 0.179. The van der Waals surface area contributed by atoms with Gasteiger partial charge >= 0.3 is 0 Å². The topological polar surface area (TPSA) is 26.0 Å². The van der Waals surface area contributed by atoms with E-state index in [1.807, 2.05) is 0 Å². The number of hydrogen-bond donors (Lipinski definition) is 1. The first-order valence-corrected chi connectivity index (χ1v) is 7.66. The predicted molar refractivity (Wildman–Crippen MR) is 78.8 cm³/mol. The highest BCUT2D eigenvalue weighted by molar-refractivity contribution is 6.31. The maximum absolute atomic E-state index is 13.9. The van der Waals surface area contributed by atoms with Gasteiger partial charge < -0.3 is 5.73 Å². The molecule has 2 N–H and O–H groups in total. The molecule has 0 bridgehead atoms. The summed E-state index contributed by atoms with van der Waals surface area (Å²) in [4.78, 5) is 0. The van der Waals surface area contributed by atoms with Crippen LogP contribution < -0.4 is 5.73 Å². The maximum Gasteiger partial charge on any atom is 0.127 e. The van der Waals surface area contributed by atoms with Crippen LogP contribution in [-0.2, 0) is 6.42 Å². The van der Waals surface area contributed by atoms with E-state index < -0.39 is 0 Å². The molecule has 1 aromatic rings. The standard InChI is InChI=1S/C16H23ClFN/c1-2-11-6-7-12(10-19)13(8-11)9-14-15(17)4-3-5-16(14)18/h3-5,11-13H,2,6-10,19H2,1H3. The zero-order valence-electron chi connectivity index (χ0n) is 11.5. The number of hydrogen-bond acceptors (Lipinski definition) is 1.